The number of hydrogen-bond donors (Lipinski definition) is 1. The van der Waals surface area contributed by atoms with E-state index in [1.54, 1.807) is 12.1 Å². The van der Waals surface area contributed by atoms with E-state index in [4.69, 9.17) is 4.74 Å². The van der Waals surface area contributed by atoms with E-state index in [0.29, 0.717) is 0 Å². The zero-order valence-corrected chi connectivity index (χ0v) is 9.42. The lowest BCUT2D eigenvalue weighted by Gasteiger charge is -2.08. The summed E-state index contributed by atoms with van der Waals surface area (Å²) in [5.74, 6) is -1.40. The first-order valence-corrected chi connectivity index (χ1v) is 5.37. The van der Waals surface area contributed by atoms with E-state index in [-0.39, 0.29) is 13.0 Å². The Morgan fingerprint density at radius 1 is 1.33 bits per heavy atom. The molecular weight excluding hydrogens is 238 g/mol. The van der Waals surface area contributed by atoms with Crippen molar-refractivity contribution in [2.75, 3.05) is 0 Å². The third-order valence-electron chi connectivity index (χ3n) is 2.37. The first-order valence-electron chi connectivity index (χ1n) is 5.37. The number of ether oxygens (including phenoxy) is 2. The molecule has 1 atom stereocenters. The van der Waals surface area contributed by atoms with Crippen molar-refractivity contribution in [3.63, 3.8) is 0 Å². The number of carbonyl (C=O) groups excluding carboxylic acids is 3. The molecule has 2 rings (SSSR count). The second-order valence-corrected chi connectivity index (χ2v) is 3.76. The standard InChI is InChI=1S/C12H11NO5/c14-10-6-9(11(15)18-10)13-12(16)17-7-8-4-2-1-3-5-8/h1-5,9H,6-7H2,(H,13,16)/t9-/m1/s1. The molecule has 0 radical (unpaired) electrons. The molecule has 1 amide bonds. The van der Waals surface area contributed by atoms with Crippen LogP contribution in [0.1, 0.15) is 12.0 Å². The normalized spacial score (nSPS) is 18.3. The second kappa shape index (κ2) is 5.31. The zero-order chi connectivity index (χ0) is 13.0. The lowest BCUT2D eigenvalue weighted by Crippen LogP contribution is -2.38. The lowest BCUT2D eigenvalue weighted by molar-refractivity contribution is -0.152. The third kappa shape index (κ3) is 3.07. The van der Waals surface area contributed by atoms with Crippen LogP contribution in [0.25, 0.3) is 0 Å². The van der Waals surface area contributed by atoms with E-state index >= 15 is 0 Å². The van der Waals surface area contributed by atoms with Crippen molar-refractivity contribution in [1.29, 1.82) is 0 Å². The summed E-state index contributed by atoms with van der Waals surface area (Å²) in [4.78, 5) is 33.2. The number of nitrogens with one attached hydrogen (secondary N) is 1. The largest absolute Gasteiger partial charge is 0.445 e. The Morgan fingerprint density at radius 2 is 2.06 bits per heavy atom. The fourth-order valence-corrected chi connectivity index (χ4v) is 1.49. The highest BCUT2D eigenvalue weighted by Crippen LogP contribution is 2.08. The van der Waals surface area contributed by atoms with Gasteiger partial charge in [-0.1, -0.05) is 30.3 Å². The van der Waals surface area contributed by atoms with E-state index in [1.807, 2.05) is 18.2 Å². The number of hydrogen-bond acceptors (Lipinski definition) is 5. The van der Waals surface area contributed by atoms with Crippen LogP contribution in [0.3, 0.4) is 0 Å². The van der Waals surface area contributed by atoms with Crippen LogP contribution in [-0.4, -0.2) is 24.1 Å². The van der Waals surface area contributed by atoms with Crippen LogP contribution in [0.4, 0.5) is 4.79 Å². The molecule has 1 aliphatic heterocycles. The topological polar surface area (TPSA) is 81.7 Å². The van der Waals surface area contributed by atoms with Crippen LogP contribution in [0.15, 0.2) is 30.3 Å². The van der Waals surface area contributed by atoms with Crippen molar-refractivity contribution in [1.82, 2.24) is 5.32 Å². The van der Waals surface area contributed by atoms with Gasteiger partial charge >= 0.3 is 18.0 Å². The fraction of sp³-hybridized carbons (Fsp3) is 0.250. The maximum Gasteiger partial charge on any atom is 0.408 e. The molecule has 6 nitrogen and oxygen atoms in total. The Bertz CT molecular complexity index is 471. The number of amides is 1. The van der Waals surface area contributed by atoms with Gasteiger partial charge in [-0.05, 0) is 5.56 Å². The number of rotatable bonds is 3. The van der Waals surface area contributed by atoms with Gasteiger partial charge in [0.05, 0.1) is 6.42 Å². The number of esters is 2. The van der Waals surface area contributed by atoms with Gasteiger partial charge in [0.15, 0.2) is 0 Å². The number of benzene rings is 1. The van der Waals surface area contributed by atoms with Crippen LogP contribution in [0, 0.1) is 0 Å². The molecular formula is C12H11NO5. The first-order chi connectivity index (χ1) is 8.65. The van der Waals surface area contributed by atoms with Gasteiger partial charge in [-0.2, -0.15) is 0 Å². The second-order valence-electron chi connectivity index (χ2n) is 3.76. The van der Waals surface area contributed by atoms with Gasteiger partial charge in [0.1, 0.15) is 12.6 Å². The average Bonchev–Trinajstić information content (AvgIpc) is 2.67. The van der Waals surface area contributed by atoms with Crippen molar-refractivity contribution in [3.05, 3.63) is 35.9 Å². The Morgan fingerprint density at radius 3 is 2.67 bits per heavy atom. The molecule has 0 aromatic heterocycles. The minimum absolute atomic E-state index is 0.0996. The van der Waals surface area contributed by atoms with Gasteiger partial charge in [-0.15, -0.1) is 0 Å². The predicted molar refractivity (Wildman–Crippen MR) is 59.3 cm³/mol. The monoisotopic (exact) mass is 249 g/mol. The van der Waals surface area contributed by atoms with Crippen LogP contribution in [0.5, 0.6) is 0 Å². The molecule has 94 valence electrons. The highest BCUT2D eigenvalue weighted by molar-refractivity contribution is 5.98. The Hall–Kier alpha value is -2.37. The van der Waals surface area contributed by atoms with Gasteiger partial charge in [0, 0.05) is 0 Å². The van der Waals surface area contributed by atoms with E-state index in [1.165, 1.54) is 0 Å². The number of alkyl carbamates (subject to hydrolysis) is 1. The molecule has 1 saturated heterocycles. The summed E-state index contributed by atoms with van der Waals surface area (Å²) in [6.07, 6.45) is -0.908. The molecule has 0 bridgehead atoms. The molecule has 0 spiro atoms. The van der Waals surface area contributed by atoms with Crippen molar-refractivity contribution in [2.45, 2.75) is 19.1 Å². The summed E-state index contributed by atoms with van der Waals surface area (Å²) < 4.78 is 9.19. The highest BCUT2D eigenvalue weighted by Gasteiger charge is 2.34. The summed E-state index contributed by atoms with van der Waals surface area (Å²) in [5, 5.41) is 2.27. The fourth-order valence-electron chi connectivity index (χ4n) is 1.49. The molecule has 1 aromatic carbocycles. The van der Waals surface area contributed by atoms with Gasteiger partial charge < -0.3 is 14.8 Å². The van der Waals surface area contributed by atoms with Gasteiger partial charge in [-0.25, -0.2) is 9.59 Å². The molecule has 1 N–H and O–H groups in total. The van der Waals surface area contributed by atoms with E-state index in [0.717, 1.165) is 5.56 Å². The average molecular weight is 249 g/mol. The molecule has 0 saturated carbocycles. The number of cyclic esters (lactones) is 2. The maximum absolute atomic E-state index is 11.4. The molecule has 6 heteroatoms. The van der Waals surface area contributed by atoms with Crippen molar-refractivity contribution in [2.24, 2.45) is 0 Å². The predicted octanol–water partition coefficient (Wildman–Crippen LogP) is 0.755. The van der Waals surface area contributed by atoms with Gasteiger partial charge in [0.25, 0.3) is 0 Å². The molecule has 18 heavy (non-hydrogen) atoms. The Kier molecular flexibility index (Phi) is 3.57. The molecule has 1 fully saturated rings. The molecule has 0 unspecified atom stereocenters. The number of carbonyl (C=O) groups is 3. The third-order valence-corrected chi connectivity index (χ3v) is 2.37. The van der Waals surface area contributed by atoms with Crippen LogP contribution in [0.2, 0.25) is 0 Å². The SMILES string of the molecule is O=C1C[C@@H](NC(=O)OCc2ccccc2)C(=O)O1. The summed E-state index contributed by atoms with van der Waals surface area (Å²) in [5.41, 5.74) is 0.831. The first kappa shape index (κ1) is 12.1. The highest BCUT2D eigenvalue weighted by atomic mass is 16.6. The molecule has 1 aliphatic rings. The van der Waals surface area contributed by atoms with Crippen LogP contribution >= 0.6 is 0 Å². The maximum atomic E-state index is 11.4. The minimum atomic E-state index is -0.944. The minimum Gasteiger partial charge on any atom is -0.445 e. The van der Waals surface area contributed by atoms with Gasteiger partial charge in [0.2, 0.25) is 0 Å². The lowest BCUT2D eigenvalue weighted by atomic mass is 10.2. The summed E-state index contributed by atoms with van der Waals surface area (Å²) in [6.45, 7) is 0.0996. The van der Waals surface area contributed by atoms with Gasteiger partial charge in [-0.3, -0.25) is 4.79 Å². The molecule has 1 aromatic rings. The Labute approximate surface area is 103 Å². The van der Waals surface area contributed by atoms with Crippen LogP contribution in [-0.2, 0) is 25.7 Å². The van der Waals surface area contributed by atoms with Crippen molar-refractivity contribution in [3.8, 4) is 0 Å². The summed E-state index contributed by atoms with van der Waals surface area (Å²) in [6, 6.07) is 8.17. The van der Waals surface area contributed by atoms with E-state index < -0.39 is 24.1 Å². The smallest absolute Gasteiger partial charge is 0.408 e. The zero-order valence-electron chi connectivity index (χ0n) is 9.42. The summed E-state index contributed by atoms with van der Waals surface area (Å²) in [7, 11) is 0. The molecule has 0 aliphatic carbocycles. The van der Waals surface area contributed by atoms with E-state index in [9.17, 15) is 14.4 Å². The quantitative estimate of drug-likeness (QED) is 0.631. The molecule has 1 heterocycles. The van der Waals surface area contributed by atoms with Crippen molar-refractivity contribution < 1.29 is 23.9 Å². The van der Waals surface area contributed by atoms with E-state index in [2.05, 4.69) is 10.1 Å². The Balaban J connectivity index is 1.79. The van der Waals surface area contributed by atoms with Crippen molar-refractivity contribution >= 4 is 18.0 Å². The van der Waals surface area contributed by atoms with Crippen LogP contribution < -0.4 is 5.32 Å². The summed E-state index contributed by atoms with van der Waals surface area (Å²) >= 11 is 0.